The summed E-state index contributed by atoms with van der Waals surface area (Å²) in [6.07, 6.45) is 2.34. The SMILES string of the molecule is CC(C)c1c(Cl)nc(C2CN3CCCC3CO2)nc1Cl. The van der Waals surface area contributed by atoms with Crippen LogP contribution in [0.3, 0.4) is 0 Å². The molecule has 6 heteroatoms. The van der Waals surface area contributed by atoms with Gasteiger partial charge in [0.15, 0.2) is 5.82 Å². The Morgan fingerprint density at radius 3 is 2.60 bits per heavy atom. The molecule has 2 aliphatic heterocycles. The van der Waals surface area contributed by atoms with Gasteiger partial charge in [-0.05, 0) is 25.3 Å². The lowest BCUT2D eigenvalue weighted by atomic mass is 10.1. The van der Waals surface area contributed by atoms with Gasteiger partial charge in [-0.2, -0.15) is 0 Å². The maximum absolute atomic E-state index is 6.26. The first kappa shape index (κ1) is 14.5. The van der Waals surface area contributed by atoms with E-state index in [1.807, 2.05) is 13.8 Å². The van der Waals surface area contributed by atoms with E-state index in [-0.39, 0.29) is 12.0 Å². The number of fused-ring (bicyclic) bond motifs is 1. The second-order valence-corrected chi connectivity index (χ2v) is 6.56. The molecule has 2 atom stereocenters. The summed E-state index contributed by atoms with van der Waals surface area (Å²) >= 11 is 12.5. The van der Waals surface area contributed by atoms with Crippen LogP contribution in [0.5, 0.6) is 0 Å². The smallest absolute Gasteiger partial charge is 0.161 e. The molecule has 2 saturated heterocycles. The van der Waals surface area contributed by atoms with E-state index < -0.39 is 0 Å². The van der Waals surface area contributed by atoms with E-state index in [0.29, 0.717) is 22.2 Å². The second kappa shape index (κ2) is 5.76. The average Bonchev–Trinajstić information content (AvgIpc) is 2.84. The molecule has 0 bridgehead atoms. The second-order valence-electron chi connectivity index (χ2n) is 5.84. The van der Waals surface area contributed by atoms with Crippen LogP contribution in [0.1, 0.15) is 50.1 Å². The van der Waals surface area contributed by atoms with E-state index in [9.17, 15) is 0 Å². The highest BCUT2D eigenvalue weighted by atomic mass is 35.5. The fourth-order valence-corrected chi connectivity index (χ4v) is 3.86. The van der Waals surface area contributed by atoms with E-state index in [1.165, 1.54) is 12.8 Å². The van der Waals surface area contributed by atoms with Gasteiger partial charge in [0.2, 0.25) is 0 Å². The number of halogens is 2. The minimum atomic E-state index is -0.124. The Kier molecular flexibility index (Phi) is 4.18. The van der Waals surface area contributed by atoms with Crippen molar-refractivity contribution >= 4 is 23.2 Å². The Hall–Kier alpha value is -0.420. The number of morpholine rings is 1. The van der Waals surface area contributed by atoms with Crippen molar-refractivity contribution in [2.45, 2.75) is 44.8 Å². The fraction of sp³-hybridized carbons (Fsp3) is 0.714. The molecular weight excluding hydrogens is 297 g/mol. The molecule has 0 N–H and O–H groups in total. The molecule has 0 amide bonds. The van der Waals surface area contributed by atoms with E-state index >= 15 is 0 Å². The predicted molar refractivity (Wildman–Crippen MR) is 79.4 cm³/mol. The van der Waals surface area contributed by atoms with Crippen molar-refractivity contribution in [3.05, 3.63) is 21.7 Å². The monoisotopic (exact) mass is 315 g/mol. The molecule has 0 saturated carbocycles. The highest BCUT2D eigenvalue weighted by Crippen LogP contribution is 2.33. The molecule has 1 aromatic rings. The highest BCUT2D eigenvalue weighted by Gasteiger charge is 2.34. The molecule has 110 valence electrons. The average molecular weight is 316 g/mol. The lowest BCUT2D eigenvalue weighted by Gasteiger charge is -2.34. The summed E-state index contributed by atoms with van der Waals surface area (Å²) in [4.78, 5) is 11.3. The molecule has 2 aliphatic rings. The van der Waals surface area contributed by atoms with Crippen molar-refractivity contribution < 1.29 is 4.74 Å². The summed E-state index contributed by atoms with van der Waals surface area (Å²) in [6.45, 7) is 6.77. The van der Waals surface area contributed by atoms with E-state index in [4.69, 9.17) is 27.9 Å². The van der Waals surface area contributed by atoms with Gasteiger partial charge < -0.3 is 4.74 Å². The van der Waals surface area contributed by atoms with Gasteiger partial charge in [-0.15, -0.1) is 0 Å². The van der Waals surface area contributed by atoms with Crippen LogP contribution in [0.15, 0.2) is 0 Å². The molecule has 0 spiro atoms. The normalized spacial score (nSPS) is 27.1. The largest absolute Gasteiger partial charge is 0.367 e. The van der Waals surface area contributed by atoms with Crippen LogP contribution >= 0.6 is 23.2 Å². The molecule has 4 nitrogen and oxygen atoms in total. The third kappa shape index (κ3) is 2.67. The van der Waals surface area contributed by atoms with Crippen molar-refractivity contribution in [3.8, 4) is 0 Å². The number of hydrogen-bond donors (Lipinski definition) is 0. The number of rotatable bonds is 2. The molecule has 0 radical (unpaired) electrons. The van der Waals surface area contributed by atoms with Crippen molar-refractivity contribution in [1.29, 1.82) is 0 Å². The van der Waals surface area contributed by atoms with Gasteiger partial charge in [0.1, 0.15) is 16.4 Å². The lowest BCUT2D eigenvalue weighted by molar-refractivity contribution is -0.0541. The Labute approximate surface area is 129 Å². The Morgan fingerprint density at radius 2 is 1.95 bits per heavy atom. The van der Waals surface area contributed by atoms with Gasteiger partial charge in [0.25, 0.3) is 0 Å². The van der Waals surface area contributed by atoms with Crippen LogP contribution in [0.25, 0.3) is 0 Å². The molecule has 3 rings (SSSR count). The summed E-state index contributed by atoms with van der Waals surface area (Å²) in [5.41, 5.74) is 0.812. The van der Waals surface area contributed by atoms with Crippen molar-refractivity contribution in [1.82, 2.24) is 14.9 Å². The molecular formula is C14H19Cl2N3O. The minimum absolute atomic E-state index is 0.124. The molecule has 2 unspecified atom stereocenters. The van der Waals surface area contributed by atoms with E-state index in [0.717, 1.165) is 25.3 Å². The topological polar surface area (TPSA) is 38.2 Å². The fourth-order valence-electron chi connectivity index (χ4n) is 3.03. The Bertz CT molecular complexity index is 486. The Morgan fingerprint density at radius 1 is 1.25 bits per heavy atom. The third-order valence-electron chi connectivity index (χ3n) is 4.12. The molecule has 20 heavy (non-hydrogen) atoms. The number of ether oxygens (including phenoxy) is 1. The number of nitrogens with zero attached hydrogens (tertiary/aromatic N) is 3. The van der Waals surface area contributed by atoms with Gasteiger partial charge in [-0.3, -0.25) is 4.90 Å². The minimum Gasteiger partial charge on any atom is -0.367 e. The standard InChI is InChI=1S/C14H19Cl2N3O/c1-8(2)11-12(15)17-14(18-13(11)16)10-6-19-5-3-4-9(19)7-20-10/h8-10H,3-7H2,1-2H3. The van der Waals surface area contributed by atoms with Crippen molar-refractivity contribution in [3.63, 3.8) is 0 Å². The zero-order valence-corrected chi connectivity index (χ0v) is 13.3. The lowest BCUT2D eigenvalue weighted by Crippen LogP contribution is -2.42. The predicted octanol–water partition coefficient (Wildman–Crippen LogP) is 3.44. The van der Waals surface area contributed by atoms with Gasteiger partial charge in [-0.1, -0.05) is 37.0 Å². The summed E-state index contributed by atoms with van der Waals surface area (Å²) in [5.74, 6) is 0.814. The van der Waals surface area contributed by atoms with E-state index in [2.05, 4.69) is 14.9 Å². The highest BCUT2D eigenvalue weighted by molar-refractivity contribution is 6.34. The van der Waals surface area contributed by atoms with Crippen molar-refractivity contribution in [2.24, 2.45) is 0 Å². The van der Waals surface area contributed by atoms with E-state index in [1.54, 1.807) is 0 Å². The van der Waals surface area contributed by atoms with Crippen LogP contribution in [0.4, 0.5) is 0 Å². The van der Waals surface area contributed by atoms with Crippen LogP contribution in [-0.2, 0) is 4.74 Å². The third-order valence-corrected chi connectivity index (χ3v) is 4.70. The molecule has 0 aliphatic carbocycles. The van der Waals surface area contributed by atoms with Gasteiger partial charge >= 0.3 is 0 Å². The quantitative estimate of drug-likeness (QED) is 0.784. The number of hydrogen-bond acceptors (Lipinski definition) is 4. The van der Waals surface area contributed by atoms with Gasteiger partial charge in [-0.25, -0.2) is 9.97 Å². The van der Waals surface area contributed by atoms with Gasteiger partial charge in [0.05, 0.1) is 6.61 Å². The molecule has 0 aromatic carbocycles. The summed E-state index contributed by atoms with van der Waals surface area (Å²) in [5, 5.41) is 0.893. The maximum Gasteiger partial charge on any atom is 0.161 e. The van der Waals surface area contributed by atoms with Crippen molar-refractivity contribution in [2.75, 3.05) is 19.7 Å². The van der Waals surface area contributed by atoms with Crippen LogP contribution in [-0.4, -0.2) is 40.6 Å². The number of aromatic nitrogens is 2. The zero-order chi connectivity index (χ0) is 14.3. The molecule has 2 fully saturated rings. The molecule has 1 aromatic heterocycles. The summed E-state index contributed by atoms with van der Waals surface area (Å²) < 4.78 is 5.90. The first-order chi connectivity index (χ1) is 9.56. The first-order valence-electron chi connectivity index (χ1n) is 7.14. The maximum atomic E-state index is 6.26. The molecule has 3 heterocycles. The summed E-state index contributed by atoms with van der Waals surface area (Å²) in [6, 6.07) is 0.562. The summed E-state index contributed by atoms with van der Waals surface area (Å²) in [7, 11) is 0. The van der Waals surface area contributed by atoms with Crippen LogP contribution in [0.2, 0.25) is 10.3 Å². The zero-order valence-electron chi connectivity index (χ0n) is 11.8. The van der Waals surface area contributed by atoms with Gasteiger partial charge in [0, 0.05) is 18.2 Å². The first-order valence-corrected chi connectivity index (χ1v) is 7.90. The Balaban J connectivity index is 1.84. The van der Waals surface area contributed by atoms with Crippen LogP contribution < -0.4 is 0 Å². The van der Waals surface area contributed by atoms with Crippen LogP contribution in [0, 0.1) is 0 Å².